The fraction of sp³-hybridized carbons (Fsp3) is 0.100. The molecule has 0 aliphatic carbocycles. The predicted molar refractivity (Wildman–Crippen MR) is 140 cm³/mol. The van der Waals surface area contributed by atoms with Gasteiger partial charge in [-0.15, -0.1) is 0 Å². The molecule has 5 aromatic rings. The van der Waals surface area contributed by atoms with Crippen LogP contribution in [0.15, 0.2) is 113 Å². The first kappa shape index (κ1) is 22.9. The van der Waals surface area contributed by atoms with Crippen molar-refractivity contribution in [3.05, 3.63) is 135 Å². The smallest absolute Gasteiger partial charge is 0.200 e. The molecule has 0 amide bonds. The summed E-state index contributed by atoms with van der Waals surface area (Å²) in [4.78, 5) is 14.6. The third-order valence-corrected chi connectivity index (χ3v) is 6.53. The molecule has 0 radical (unpaired) electrons. The minimum absolute atomic E-state index is 0.116. The minimum atomic E-state index is -0.173. The van der Waals surface area contributed by atoms with E-state index < -0.39 is 0 Å². The summed E-state index contributed by atoms with van der Waals surface area (Å²) < 4.78 is 6.01. The number of fused-ring (bicyclic) bond motifs is 1. The van der Waals surface area contributed by atoms with Gasteiger partial charge in [-0.3, -0.25) is 4.79 Å². The topological polar surface area (TPSA) is 54.9 Å². The summed E-state index contributed by atoms with van der Waals surface area (Å²) in [6, 6.07) is 30.9. The van der Waals surface area contributed by atoms with Gasteiger partial charge in [-0.1, -0.05) is 90.5 Å². The van der Waals surface area contributed by atoms with Crippen molar-refractivity contribution >= 4 is 22.6 Å². The maximum Gasteiger partial charge on any atom is 0.200 e. The lowest BCUT2D eigenvalue weighted by atomic mass is 10.0. The van der Waals surface area contributed by atoms with Crippen LogP contribution in [0.25, 0.3) is 22.1 Å². The highest BCUT2D eigenvalue weighted by atomic mass is 35.5. The molecule has 4 nitrogen and oxygen atoms in total. The van der Waals surface area contributed by atoms with Gasteiger partial charge in [0, 0.05) is 21.7 Å². The standard InChI is InChI=1S/C30H24ClNO3/c31-27-14-8-7-13-23(27)26-20-35-30-24(29(26)34)15-16-28(33)25(30)19-32(17-21-9-3-1-4-10-21)18-22-11-5-2-6-12-22/h1-16,20,33H,17-19H2/p+1. The summed E-state index contributed by atoms with van der Waals surface area (Å²) in [5.74, 6) is 0.116. The molecule has 1 aromatic heterocycles. The first-order chi connectivity index (χ1) is 17.1. The average Bonchev–Trinajstić information content (AvgIpc) is 2.88. The van der Waals surface area contributed by atoms with E-state index in [1.807, 2.05) is 48.5 Å². The van der Waals surface area contributed by atoms with Gasteiger partial charge in [0.1, 0.15) is 37.2 Å². The molecule has 174 valence electrons. The Bertz CT molecular complexity index is 1470. The van der Waals surface area contributed by atoms with E-state index in [1.165, 1.54) is 22.3 Å². The van der Waals surface area contributed by atoms with Crippen LogP contribution in [0.3, 0.4) is 0 Å². The number of nitrogens with one attached hydrogen (secondary N) is 1. The quantitative estimate of drug-likeness (QED) is 0.317. The number of phenols is 1. The van der Waals surface area contributed by atoms with Crippen LogP contribution in [0.1, 0.15) is 16.7 Å². The summed E-state index contributed by atoms with van der Waals surface area (Å²) in [7, 11) is 0. The van der Waals surface area contributed by atoms with E-state index in [1.54, 1.807) is 24.3 Å². The van der Waals surface area contributed by atoms with Crippen LogP contribution in [-0.4, -0.2) is 5.11 Å². The van der Waals surface area contributed by atoms with Gasteiger partial charge in [-0.2, -0.15) is 0 Å². The van der Waals surface area contributed by atoms with Crippen LogP contribution in [0.2, 0.25) is 5.02 Å². The Morgan fingerprint density at radius 1 is 0.714 bits per heavy atom. The van der Waals surface area contributed by atoms with Gasteiger partial charge in [-0.05, 0) is 18.2 Å². The number of hydrogen-bond acceptors (Lipinski definition) is 3. The molecule has 0 atom stereocenters. The second kappa shape index (κ2) is 10.2. The Labute approximate surface area is 208 Å². The molecule has 4 aromatic carbocycles. The molecule has 0 aliphatic rings. The van der Waals surface area contributed by atoms with Crippen LogP contribution < -0.4 is 10.3 Å². The fourth-order valence-corrected chi connectivity index (χ4v) is 4.73. The van der Waals surface area contributed by atoms with Crippen molar-refractivity contribution in [2.75, 3.05) is 0 Å². The molecule has 0 saturated heterocycles. The van der Waals surface area contributed by atoms with E-state index in [0.29, 0.717) is 39.2 Å². The third-order valence-electron chi connectivity index (χ3n) is 6.20. The van der Waals surface area contributed by atoms with E-state index in [4.69, 9.17) is 16.0 Å². The number of aromatic hydroxyl groups is 1. The van der Waals surface area contributed by atoms with E-state index >= 15 is 0 Å². The first-order valence-electron chi connectivity index (χ1n) is 11.5. The molecule has 2 N–H and O–H groups in total. The molecule has 0 bridgehead atoms. The van der Waals surface area contributed by atoms with Crippen LogP contribution in [0.5, 0.6) is 5.75 Å². The largest absolute Gasteiger partial charge is 0.507 e. The van der Waals surface area contributed by atoms with Crippen molar-refractivity contribution in [3.63, 3.8) is 0 Å². The van der Waals surface area contributed by atoms with Crippen molar-refractivity contribution in [1.82, 2.24) is 0 Å². The van der Waals surface area contributed by atoms with E-state index in [9.17, 15) is 9.90 Å². The fourth-order valence-electron chi connectivity index (χ4n) is 4.49. The molecule has 0 saturated carbocycles. The first-order valence-corrected chi connectivity index (χ1v) is 11.9. The molecule has 0 spiro atoms. The Morgan fingerprint density at radius 3 is 1.94 bits per heavy atom. The van der Waals surface area contributed by atoms with Crippen molar-refractivity contribution in [1.29, 1.82) is 0 Å². The normalized spacial score (nSPS) is 11.3. The molecule has 1 heterocycles. The molecule has 0 fully saturated rings. The zero-order valence-corrected chi connectivity index (χ0v) is 19.8. The lowest BCUT2D eigenvalue weighted by molar-refractivity contribution is -0.941. The number of hydrogen-bond donors (Lipinski definition) is 2. The molecular weight excluding hydrogens is 458 g/mol. The monoisotopic (exact) mass is 482 g/mol. The predicted octanol–water partition coefficient (Wildman–Crippen LogP) is 5.60. The van der Waals surface area contributed by atoms with E-state index in [-0.39, 0.29) is 11.2 Å². The van der Waals surface area contributed by atoms with Crippen LogP contribution in [-0.2, 0) is 19.6 Å². The zero-order valence-electron chi connectivity index (χ0n) is 19.1. The van der Waals surface area contributed by atoms with Gasteiger partial charge in [0.2, 0.25) is 5.43 Å². The van der Waals surface area contributed by atoms with Crippen molar-refractivity contribution in [2.24, 2.45) is 0 Å². The molecule has 5 rings (SSSR count). The number of benzene rings is 4. The van der Waals surface area contributed by atoms with Crippen LogP contribution >= 0.6 is 11.6 Å². The average molecular weight is 483 g/mol. The highest BCUT2D eigenvalue weighted by Gasteiger charge is 2.21. The summed E-state index contributed by atoms with van der Waals surface area (Å²) in [5.41, 5.74) is 4.27. The highest BCUT2D eigenvalue weighted by molar-refractivity contribution is 6.33. The number of phenolic OH excluding ortho intramolecular Hbond substituents is 1. The number of quaternary nitrogens is 1. The summed E-state index contributed by atoms with van der Waals surface area (Å²) in [6.45, 7) is 2.00. The maximum atomic E-state index is 13.4. The highest BCUT2D eigenvalue weighted by Crippen LogP contribution is 2.30. The molecular formula is C30H25ClNO3+. The van der Waals surface area contributed by atoms with Crippen LogP contribution in [0, 0.1) is 0 Å². The lowest BCUT2D eigenvalue weighted by Gasteiger charge is -2.21. The number of halogens is 1. The Morgan fingerprint density at radius 2 is 1.31 bits per heavy atom. The van der Waals surface area contributed by atoms with Gasteiger partial charge in [-0.25, -0.2) is 0 Å². The van der Waals surface area contributed by atoms with E-state index in [0.717, 1.165) is 13.1 Å². The van der Waals surface area contributed by atoms with Gasteiger partial charge >= 0.3 is 0 Å². The summed E-state index contributed by atoms with van der Waals surface area (Å²) >= 11 is 6.34. The minimum Gasteiger partial charge on any atom is -0.507 e. The zero-order chi connectivity index (χ0) is 24.2. The molecule has 0 unspecified atom stereocenters. The maximum absolute atomic E-state index is 13.4. The van der Waals surface area contributed by atoms with Crippen molar-refractivity contribution in [2.45, 2.75) is 19.6 Å². The second-order valence-electron chi connectivity index (χ2n) is 8.65. The van der Waals surface area contributed by atoms with Crippen molar-refractivity contribution in [3.8, 4) is 16.9 Å². The SMILES string of the molecule is O=c1c(-c2ccccc2Cl)coc2c(C[NH+](Cc3ccccc3)Cc3ccccc3)c(O)ccc12. The Balaban J connectivity index is 1.56. The molecule has 35 heavy (non-hydrogen) atoms. The summed E-state index contributed by atoms with van der Waals surface area (Å²) in [6.07, 6.45) is 1.45. The summed E-state index contributed by atoms with van der Waals surface area (Å²) in [5, 5.41) is 11.7. The molecule has 0 aliphatic heterocycles. The van der Waals surface area contributed by atoms with Gasteiger partial charge in [0.15, 0.2) is 0 Å². The Kier molecular flexibility index (Phi) is 6.66. The lowest BCUT2D eigenvalue weighted by Crippen LogP contribution is -3.08. The van der Waals surface area contributed by atoms with Gasteiger partial charge in [0.05, 0.1) is 16.5 Å². The Hall–Kier alpha value is -3.86. The van der Waals surface area contributed by atoms with Gasteiger partial charge in [0.25, 0.3) is 0 Å². The van der Waals surface area contributed by atoms with Crippen LogP contribution in [0.4, 0.5) is 0 Å². The third kappa shape index (κ3) is 4.99. The van der Waals surface area contributed by atoms with Gasteiger partial charge < -0.3 is 14.4 Å². The van der Waals surface area contributed by atoms with Crippen molar-refractivity contribution < 1.29 is 14.4 Å². The number of rotatable bonds is 7. The molecule has 5 heteroatoms. The van der Waals surface area contributed by atoms with E-state index in [2.05, 4.69) is 24.3 Å². The second-order valence-corrected chi connectivity index (χ2v) is 9.06.